The van der Waals surface area contributed by atoms with Crippen LogP contribution in [0.1, 0.15) is 13.8 Å². The van der Waals surface area contributed by atoms with E-state index < -0.39 is 0 Å². The van der Waals surface area contributed by atoms with Crippen molar-refractivity contribution in [1.82, 2.24) is 0 Å². The van der Waals surface area contributed by atoms with Gasteiger partial charge >= 0.3 is 0 Å². The fraction of sp³-hybridized carbons (Fsp3) is 0.250. The standard InChI is InChI=1S/C6H6S.C2H6.Rf/c7-6-4-2-1-3-5-6;1-2;/h1-5,7H;1-2H3;/p-1. The minimum Gasteiger partial charge on any atom is -0.780 e. The van der Waals surface area contributed by atoms with Gasteiger partial charge in [0.05, 0.1) is 0 Å². The van der Waals surface area contributed by atoms with Crippen molar-refractivity contribution in [3.8, 4) is 0 Å². The molecule has 0 amide bonds. The van der Waals surface area contributed by atoms with E-state index >= 15 is 0 Å². The molecule has 0 aromatic heterocycles. The van der Waals surface area contributed by atoms with Crippen LogP contribution in [-0.4, -0.2) is 0 Å². The molecule has 0 nitrogen and oxygen atoms in total. The van der Waals surface area contributed by atoms with Gasteiger partial charge in [0, 0.05) is 0 Å². The normalized spacial score (nSPS) is 6.60. The molecular weight excluding hydrogens is 395 g/mol. The van der Waals surface area contributed by atoms with Crippen molar-refractivity contribution in [2.75, 3.05) is 0 Å². The summed E-state index contributed by atoms with van der Waals surface area (Å²) in [7, 11) is 0. The molecule has 0 aliphatic carbocycles. The van der Waals surface area contributed by atoms with Crippen LogP contribution in [-0.2, 0) is 12.6 Å². The van der Waals surface area contributed by atoms with Crippen LogP contribution in [0.25, 0.3) is 0 Å². The van der Waals surface area contributed by atoms with Gasteiger partial charge < -0.3 is 12.6 Å². The van der Waals surface area contributed by atoms with Gasteiger partial charge in [-0.05, 0) is 0 Å². The van der Waals surface area contributed by atoms with Crippen molar-refractivity contribution in [3.63, 3.8) is 0 Å². The molecule has 0 N–H and O–H groups in total. The van der Waals surface area contributed by atoms with Gasteiger partial charge in [-0.25, -0.2) is 0 Å². The summed E-state index contributed by atoms with van der Waals surface area (Å²) in [5, 5.41) is 0. The minimum absolute atomic E-state index is 0. The van der Waals surface area contributed by atoms with Crippen LogP contribution in [0.5, 0.6) is 0 Å². The van der Waals surface area contributed by atoms with Gasteiger partial charge in [-0.2, -0.15) is 4.90 Å². The number of benzene rings is 1. The third kappa shape index (κ3) is 4.60. The summed E-state index contributed by atoms with van der Waals surface area (Å²) in [4.78, 5) is 0.905. The Hall–Kier alpha value is -1.56. The monoisotopic (exact) mass is 406 g/mol. The molecule has 2 heteroatoms. The van der Waals surface area contributed by atoms with Crippen molar-refractivity contribution in [2.24, 2.45) is 0 Å². The molecule has 0 heterocycles. The van der Waals surface area contributed by atoms with Gasteiger partial charge in [-0.1, -0.05) is 44.2 Å². The average molecular weight is 406 g/mol. The van der Waals surface area contributed by atoms with Crippen LogP contribution in [0, 0.1) is 0 Å². The summed E-state index contributed by atoms with van der Waals surface area (Å²) in [6.45, 7) is 4.00. The second kappa shape index (κ2) is 7.44. The molecule has 0 radical (unpaired) electrons. The van der Waals surface area contributed by atoms with Crippen molar-refractivity contribution in [1.29, 1.82) is 0 Å². The Bertz CT molecular complexity index is 139. The molecule has 0 aliphatic rings. The molecule has 0 bridgehead atoms. The van der Waals surface area contributed by atoms with E-state index in [0.717, 1.165) is 4.90 Å². The molecule has 0 spiro atoms. The van der Waals surface area contributed by atoms with Crippen molar-refractivity contribution in [3.05, 3.63) is 30.3 Å². The maximum absolute atomic E-state index is 4.81. The topological polar surface area (TPSA) is 0 Å². The zero-order valence-corrected chi connectivity index (χ0v) is 13.7. The van der Waals surface area contributed by atoms with Crippen LogP contribution in [0.4, 0.5) is 0 Å². The van der Waals surface area contributed by atoms with E-state index in [1.165, 1.54) is 0 Å². The molecule has 0 aliphatic heterocycles. The first-order valence-corrected chi connectivity index (χ1v) is 3.52. The number of hydrogen-bond acceptors (Lipinski definition) is 1. The second-order valence-corrected chi connectivity index (χ2v) is 1.78. The molecule has 1 aromatic rings. The second-order valence-electron chi connectivity index (χ2n) is 1.31. The van der Waals surface area contributed by atoms with E-state index in [2.05, 4.69) is 0 Å². The Morgan fingerprint density at radius 1 is 1.00 bits per heavy atom. The first kappa shape index (κ1) is 11.3. The van der Waals surface area contributed by atoms with Crippen LogP contribution in [0.3, 0.4) is 0 Å². The van der Waals surface area contributed by atoms with Crippen molar-refractivity contribution in [2.45, 2.75) is 18.7 Å². The minimum atomic E-state index is 0. The van der Waals surface area contributed by atoms with E-state index in [0.29, 0.717) is 0 Å². The summed E-state index contributed by atoms with van der Waals surface area (Å²) in [6.07, 6.45) is 0. The molecule has 0 atom stereocenters. The Morgan fingerprint density at radius 3 is 1.60 bits per heavy atom. The molecule has 1 aromatic carbocycles. The van der Waals surface area contributed by atoms with Gasteiger partial charge in [-0.15, -0.1) is 0 Å². The van der Waals surface area contributed by atoms with Gasteiger partial charge in [-0.3, -0.25) is 0 Å². The molecule has 0 saturated carbocycles. The largest absolute Gasteiger partial charge is 0.780 e. The SMILES string of the molecule is CC.[Rf].[S-]c1ccccc1. The van der Waals surface area contributed by atoms with Crippen molar-refractivity contribution >= 4 is 12.6 Å². The van der Waals surface area contributed by atoms with Gasteiger partial charge in [0.1, 0.15) is 0 Å². The van der Waals surface area contributed by atoms with Crippen LogP contribution in [0.15, 0.2) is 35.2 Å². The predicted octanol–water partition coefficient (Wildman–Crippen LogP) is 2.62. The quantitative estimate of drug-likeness (QED) is 0.598. The summed E-state index contributed by atoms with van der Waals surface area (Å²) < 4.78 is 0. The summed E-state index contributed by atoms with van der Waals surface area (Å²) in [5.74, 6) is 0. The molecule has 1 rings (SSSR count). The summed E-state index contributed by atoms with van der Waals surface area (Å²) >= 11 is 4.81. The Labute approximate surface area is 62.3 Å². The van der Waals surface area contributed by atoms with Gasteiger partial charge in [0.25, 0.3) is 0 Å². The maximum atomic E-state index is 4.81. The zero-order chi connectivity index (χ0) is 7.11. The first-order chi connectivity index (χ1) is 4.39. The Balaban J connectivity index is 0. The molecule has 0 unspecified atom stereocenters. The van der Waals surface area contributed by atoms with Crippen molar-refractivity contribution < 1.29 is 0 Å². The van der Waals surface area contributed by atoms with E-state index in [-0.39, 0.29) is 0 Å². The molecular formula is C8H11RfS-. The zero-order valence-electron chi connectivity index (χ0n) is 6.50. The van der Waals surface area contributed by atoms with E-state index in [1.807, 2.05) is 44.2 Å². The molecule has 0 saturated heterocycles. The van der Waals surface area contributed by atoms with E-state index in [4.69, 9.17) is 12.6 Å². The Morgan fingerprint density at radius 2 is 1.40 bits per heavy atom. The smallest absolute Gasteiger partial charge is 0 e. The Kier molecular flexibility index (Phi) is 8.38. The predicted molar refractivity (Wildman–Crippen MR) is 43.4 cm³/mol. The number of rotatable bonds is 0. The van der Waals surface area contributed by atoms with Crippen LogP contribution < -0.4 is 0 Å². The molecule has 52 valence electrons. The third-order valence-corrected chi connectivity index (χ3v) is 1.02. The fourth-order valence-corrected chi connectivity index (χ4v) is 0.578. The third-order valence-electron chi connectivity index (χ3n) is 0.743. The molecule has 10 heavy (non-hydrogen) atoms. The average Bonchev–Trinajstić information content (AvgIpc) is 1.94. The number of hydrogen-bond donors (Lipinski definition) is 0. The van der Waals surface area contributed by atoms with E-state index in [9.17, 15) is 0 Å². The molecule has 0 fully saturated rings. The van der Waals surface area contributed by atoms with Gasteiger partial charge in [0.2, 0.25) is 0 Å². The van der Waals surface area contributed by atoms with Gasteiger partial charge in [0.15, 0.2) is 0 Å². The van der Waals surface area contributed by atoms with Crippen LogP contribution in [0.2, 0.25) is 0 Å². The maximum Gasteiger partial charge on any atom is 0 e. The van der Waals surface area contributed by atoms with Crippen LogP contribution >= 0.6 is 0 Å². The van der Waals surface area contributed by atoms with E-state index in [1.54, 1.807) is 0 Å². The summed E-state index contributed by atoms with van der Waals surface area (Å²) in [5.41, 5.74) is 0. The fourth-order valence-electron chi connectivity index (χ4n) is 0.420. The first-order valence-electron chi connectivity index (χ1n) is 3.11. The summed E-state index contributed by atoms with van der Waals surface area (Å²) in [6, 6.07) is 9.62.